The average molecular weight is 251 g/mol. The first-order chi connectivity index (χ1) is 8.54. The molecule has 104 valence electrons. The van der Waals surface area contributed by atoms with E-state index in [0.717, 1.165) is 6.61 Å². The van der Waals surface area contributed by atoms with Crippen molar-refractivity contribution in [1.82, 2.24) is 5.32 Å². The topological polar surface area (TPSA) is 21.3 Å². The SMILES string of the molecule is CC1(C)CCCC2(C1)NC1(CCCCC1)CCO2. The van der Waals surface area contributed by atoms with Crippen molar-refractivity contribution in [1.29, 1.82) is 0 Å². The van der Waals surface area contributed by atoms with Crippen LogP contribution in [0.4, 0.5) is 0 Å². The van der Waals surface area contributed by atoms with Gasteiger partial charge in [0.15, 0.2) is 0 Å². The molecule has 18 heavy (non-hydrogen) atoms. The first kappa shape index (κ1) is 12.9. The molecule has 2 nitrogen and oxygen atoms in total. The molecule has 1 aliphatic heterocycles. The van der Waals surface area contributed by atoms with Crippen LogP contribution in [0.5, 0.6) is 0 Å². The van der Waals surface area contributed by atoms with Crippen LogP contribution in [-0.4, -0.2) is 17.9 Å². The summed E-state index contributed by atoms with van der Waals surface area (Å²) < 4.78 is 6.26. The average Bonchev–Trinajstić information content (AvgIpc) is 2.28. The Hall–Kier alpha value is -0.0800. The molecular weight excluding hydrogens is 222 g/mol. The molecule has 1 atom stereocenters. The molecule has 1 heterocycles. The molecule has 1 saturated heterocycles. The first-order valence-electron chi connectivity index (χ1n) is 7.97. The van der Waals surface area contributed by atoms with E-state index in [0.29, 0.717) is 11.0 Å². The molecule has 3 fully saturated rings. The third-order valence-corrected chi connectivity index (χ3v) is 5.46. The molecule has 2 spiro atoms. The van der Waals surface area contributed by atoms with Gasteiger partial charge in [-0.1, -0.05) is 33.1 Å². The van der Waals surface area contributed by atoms with Gasteiger partial charge in [0.25, 0.3) is 0 Å². The molecule has 0 radical (unpaired) electrons. The summed E-state index contributed by atoms with van der Waals surface area (Å²) in [6.07, 6.45) is 13.3. The van der Waals surface area contributed by atoms with Gasteiger partial charge in [-0.2, -0.15) is 0 Å². The lowest BCUT2D eigenvalue weighted by Gasteiger charge is -2.55. The molecule has 1 N–H and O–H groups in total. The largest absolute Gasteiger partial charge is 0.361 e. The standard InChI is InChI=1S/C16H29NO/c1-14(2)7-6-10-16(13-14)17-15(11-12-18-16)8-4-3-5-9-15/h17H,3-13H2,1-2H3. The Labute approximate surface area is 112 Å². The van der Waals surface area contributed by atoms with E-state index in [1.807, 2.05) is 0 Å². The lowest BCUT2D eigenvalue weighted by molar-refractivity contribution is -0.174. The zero-order valence-corrected chi connectivity index (χ0v) is 12.2. The van der Waals surface area contributed by atoms with Crippen LogP contribution in [0, 0.1) is 5.41 Å². The van der Waals surface area contributed by atoms with Gasteiger partial charge in [0, 0.05) is 5.54 Å². The Morgan fingerprint density at radius 1 is 0.833 bits per heavy atom. The first-order valence-corrected chi connectivity index (χ1v) is 7.97. The second-order valence-electron chi connectivity index (χ2n) is 7.75. The highest BCUT2D eigenvalue weighted by molar-refractivity contribution is 5.02. The summed E-state index contributed by atoms with van der Waals surface area (Å²) in [6.45, 7) is 5.78. The number of nitrogens with one attached hydrogen (secondary N) is 1. The molecule has 0 amide bonds. The minimum atomic E-state index is 0.0112. The van der Waals surface area contributed by atoms with Crippen LogP contribution >= 0.6 is 0 Å². The zero-order valence-electron chi connectivity index (χ0n) is 12.2. The predicted octanol–water partition coefficient (Wildman–Crippen LogP) is 4.00. The van der Waals surface area contributed by atoms with Crippen molar-refractivity contribution in [3.05, 3.63) is 0 Å². The van der Waals surface area contributed by atoms with Crippen molar-refractivity contribution in [3.63, 3.8) is 0 Å². The van der Waals surface area contributed by atoms with Gasteiger partial charge >= 0.3 is 0 Å². The van der Waals surface area contributed by atoms with E-state index in [1.165, 1.54) is 64.2 Å². The maximum absolute atomic E-state index is 6.26. The fraction of sp³-hybridized carbons (Fsp3) is 1.00. The van der Waals surface area contributed by atoms with E-state index < -0.39 is 0 Å². The molecule has 2 saturated carbocycles. The van der Waals surface area contributed by atoms with Gasteiger partial charge in [-0.25, -0.2) is 0 Å². The number of hydrogen-bond acceptors (Lipinski definition) is 2. The minimum absolute atomic E-state index is 0.0112. The monoisotopic (exact) mass is 251 g/mol. The molecule has 1 unspecified atom stereocenters. The zero-order chi connectivity index (χ0) is 12.7. The van der Waals surface area contributed by atoms with Gasteiger partial charge in [-0.05, 0) is 50.4 Å². The Balaban J connectivity index is 1.76. The normalized spacial score (nSPS) is 39.0. The predicted molar refractivity (Wildman–Crippen MR) is 74.5 cm³/mol. The molecule has 0 bridgehead atoms. The minimum Gasteiger partial charge on any atom is -0.361 e. The summed E-state index contributed by atoms with van der Waals surface area (Å²) in [5.74, 6) is 0. The summed E-state index contributed by atoms with van der Waals surface area (Å²) in [5.41, 5.74) is 0.875. The number of ether oxygens (including phenoxy) is 1. The van der Waals surface area contributed by atoms with Crippen LogP contribution in [0.1, 0.15) is 78.1 Å². The molecule has 2 aliphatic carbocycles. The fourth-order valence-electron chi connectivity index (χ4n) is 4.66. The highest BCUT2D eigenvalue weighted by atomic mass is 16.5. The molecule has 2 heteroatoms. The van der Waals surface area contributed by atoms with Crippen LogP contribution in [0.2, 0.25) is 0 Å². The Bertz CT molecular complexity index is 297. The van der Waals surface area contributed by atoms with Crippen molar-refractivity contribution in [2.45, 2.75) is 89.3 Å². The third kappa shape index (κ3) is 2.46. The Morgan fingerprint density at radius 3 is 2.33 bits per heavy atom. The van der Waals surface area contributed by atoms with E-state index in [9.17, 15) is 0 Å². The van der Waals surface area contributed by atoms with Crippen molar-refractivity contribution >= 4 is 0 Å². The van der Waals surface area contributed by atoms with Crippen LogP contribution in [0.15, 0.2) is 0 Å². The highest BCUT2D eigenvalue weighted by Crippen LogP contribution is 2.46. The van der Waals surface area contributed by atoms with Crippen LogP contribution in [0.3, 0.4) is 0 Å². The van der Waals surface area contributed by atoms with Gasteiger partial charge in [0.1, 0.15) is 5.72 Å². The molecule has 0 aromatic carbocycles. The van der Waals surface area contributed by atoms with Crippen LogP contribution in [0.25, 0.3) is 0 Å². The second-order valence-corrected chi connectivity index (χ2v) is 7.75. The third-order valence-electron chi connectivity index (χ3n) is 5.46. The van der Waals surface area contributed by atoms with Crippen molar-refractivity contribution in [2.75, 3.05) is 6.61 Å². The van der Waals surface area contributed by atoms with Gasteiger partial charge in [-0.3, -0.25) is 5.32 Å². The van der Waals surface area contributed by atoms with Crippen molar-refractivity contribution < 1.29 is 4.74 Å². The number of hydrogen-bond donors (Lipinski definition) is 1. The van der Waals surface area contributed by atoms with E-state index >= 15 is 0 Å². The van der Waals surface area contributed by atoms with E-state index in [-0.39, 0.29) is 5.72 Å². The summed E-state index contributed by atoms with van der Waals surface area (Å²) in [5, 5.41) is 4.02. The van der Waals surface area contributed by atoms with Crippen molar-refractivity contribution in [3.8, 4) is 0 Å². The maximum atomic E-state index is 6.26. The molecular formula is C16H29NO. The summed E-state index contributed by atoms with van der Waals surface area (Å²) in [6, 6.07) is 0. The molecule has 0 aromatic heterocycles. The van der Waals surface area contributed by atoms with Gasteiger partial charge in [0.2, 0.25) is 0 Å². The maximum Gasteiger partial charge on any atom is 0.120 e. The van der Waals surface area contributed by atoms with Gasteiger partial charge in [-0.15, -0.1) is 0 Å². The molecule has 0 aromatic rings. The summed E-state index contributed by atoms with van der Waals surface area (Å²) in [4.78, 5) is 0. The molecule has 3 aliphatic rings. The smallest absolute Gasteiger partial charge is 0.120 e. The van der Waals surface area contributed by atoms with Gasteiger partial charge < -0.3 is 4.74 Å². The van der Waals surface area contributed by atoms with Crippen LogP contribution in [-0.2, 0) is 4.74 Å². The quantitative estimate of drug-likeness (QED) is 0.702. The van der Waals surface area contributed by atoms with Gasteiger partial charge in [0.05, 0.1) is 6.61 Å². The lowest BCUT2D eigenvalue weighted by Crippen LogP contribution is -2.66. The highest BCUT2D eigenvalue weighted by Gasteiger charge is 2.48. The summed E-state index contributed by atoms with van der Waals surface area (Å²) in [7, 11) is 0. The van der Waals surface area contributed by atoms with E-state index in [2.05, 4.69) is 19.2 Å². The van der Waals surface area contributed by atoms with Crippen molar-refractivity contribution in [2.24, 2.45) is 5.41 Å². The lowest BCUT2D eigenvalue weighted by atomic mass is 9.70. The second kappa shape index (κ2) is 4.49. The summed E-state index contributed by atoms with van der Waals surface area (Å²) >= 11 is 0. The Morgan fingerprint density at radius 2 is 1.61 bits per heavy atom. The van der Waals surface area contributed by atoms with E-state index in [4.69, 9.17) is 4.74 Å². The fourth-order valence-corrected chi connectivity index (χ4v) is 4.66. The number of rotatable bonds is 0. The Kier molecular flexibility index (Phi) is 3.22. The van der Waals surface area contributed by atoms with E-state index in [1.54, 1.807) is 0 Å². The van der Waals surface area contributed by atoms with Crippen LogP contribution < -0.4 is 5.32 Å². The molecule has 3 rings (SSSR count).